The van der Waals surface area contributed by atoms with E-state index in [9.17, 15) is 14.4 Å². The Bertz CT molecular complexity index is 1100. The molecule has 1 aromatic heterocycles. The summed E-state index contributed by atoms with van der Waals surface area (Å²) in [6.45, 7) is 8.03. The van der Waals surface area contributed by atoms with Crippen molar-refractivity contribution in [1.82, 2.24) is 20.3 Å². The number of hydrogen-bond acceptors (Lipinski definition) is 6. The number of pyridine rings is 1. The zero-order chi connectivity index (χ0) is 24.7. The van der Waals surface area contributed by atoms with Gasteiger partial charge in [0.25, 0.3) is 5.91 Å². The molecule has 1 aromatic carbocycles. The average Bonchev–Trinajstić information content (AvgIpc) is 2.80. The van der Waals surface area contributed by atoms with Crippen molar-refractivity contribution in [2.75, 3.05) is 13.1 Å². The Balaban J connectivity index is 1.65. The molecule has 2 N–H and O–H groups in total. The Morgan fingerprint density at radius 2 is 1.65 bits per heavy atom. The van der Waals surface area contributed by atoms with E-state index in [1.54, 1.807) is 37.3 Å². The fraction of sp³-hybridized carbons (Fsp3) is 0.308. The third kappa shape index (κ3) is 6.69. The van der Waals surface area contributed by atoms with Crippen LogP contribution in [0.1, 0.15) is 48.1 Å². The van der Waals surface area contributed by atoms with Crippen LogP contribution < -0.4 is 5.48 Å². The Morgan fingerprint density at radius 3 is 2.26 bits per heavy atom. The van der Waals surface area contributed by atoms with E-state index in [2.05, 4.69) is 23.7 Å². The number of aromatic nitrogens is 1. The van der Waals surface area contributed by atoms with E-state index in [1.165, 1.54) is 17.6 Å². The zero-order valence-electron chi connectivity index (χ0n) is 19.6. The van der Waals surface area contributed by atoms with Gasteiger partial charge in [0.05, 0.1) is 11.4 Å². The van der Waals surface area contributed by atoms with Crippen LogP contribution in [-0.4, -0.2) is 62.8 Å². The normalized spacial score (nSPS) is 19.0. The van der Waals surface area contributed by atoms with Gasteiger partial charge in [-0.1, -0.05) is 24.3 Å². The van der Waals surface area contributed by atoms with Gasteiger partial charge in [-0.15, -0.1) is 0 Å². The molecule has 1 fully saturated rings. The summed E-state index contributed by atoms with van der Waals surface area (Å²) in [5, 5.41) is 8.55. The molecule has 0 spiro atoms. The van der Waals surface area contributed by atoms with E-state index in [1.807, 2.05) is 23.1 Å². The summed E-state index contributed by atoms with van der Waals surface area (Å²) in [5.41, 5.74) is 4.25. The number of hydrogen-bond donors (Lipinski definition) is 2. The smallest absolute Gasteiger partial charge is 0.267 e. The molecule has 0 radical (unpaired) electrons. The first-order valence-corrected chi connectivity index (χ1v) is 11.2. The third-order valence-corrected chi connectivity index (χ3v) is 5.69. The van der Waals surface area contributed by atoms with Gasteiger partial charge < -0.3 is 4.90 Å². The number of ketones is 1. The van der Waals surface area contributed by atoms with E-state index < -0.39 is 5.91 Å². The third-order valence-electron chi connectivity index (χ3n) is 5.69. The summed E-state index contributed by atoms with van der Waals surface area (Å²) in [6.07, 6.45) is 5.73. The fourth-order valence-electron chi connectivity index (χ4n) is 4.37. The number of carbonyl (C=O) groups is 3. The maximum Gasteiger partial charge on any atom is 0.267 e. The molecule has 0 aliphatic carbocycles. The van der Waals surface area contributed by atoms with Crippen LogP contribution in [0, 0.1) is 0 Å². The maximum atomic E-state index is 12.8. The molecule has 3 rings (SSSR count). The Hall–Kier alpha value is -3.62. The lowest BCUT2D eigenvalue weighted by Crippen LogP contribution is -2.57. The average molecular weight is 463 g/mol. The number of piperazine rings is 1. The van der Waals surface area contributed by atoms with Crippen molar-refractivity contribution in [3.05, 3.63) is 77.1 Å². The van der Waals surface area contributed by atoms with Gasteiger partial charge in [0, 0.05) is 50.3 Å². The Labute approximate surface area is 199 Å². The first-order valence-electron chi connectivity index (χ1n) is 11.2. The van der Waals surface area contributed by atoms with Crippen molar-refractivity contribution in [1.29, 1.82) is 0 Å². The van der Waals surface area contributed by atoms with Crippen molar-refractivity contribution < 1.29 is 19.6 Å². The number of amides is 2. The summed E-state index contributed by atoms with van der Waals surface area (Å²) in [4.78, 5) is 44.4. The summed E-state index contributed by atoms with van der Waals surface area (Å²) < 4.78 is 0. The largest absolute Gasteiger partial charge is 0.335 e. The molecule has 2 aromatic rings. The standard InChI is InChI=1S/C26H30N4O4/c1-18-15-29(16-19(2)30(18)20(3)31)17-21-6-4-7-22(14-21)25(32)12-10-23-8-5-9-24(27-23)11-13-26(33)28-34/h4-14,18-19,34H,15-17H2,1-3H3,(H,28,33)/t18-,19+. The van der Waals surface area contributed by atoms with Crippen LogP contribution in [0.3, 0.4) is 0 Å². The lowest BCUT2D eigenvalue weighted by atomic mass is 10.0. The number of nitrogens with one attached hydrogen (secondary N) is 1. The van der Waals surface area contributed by atoms with Crippen molar-refractivity contribution in [3.8, 4) is 0 Å². The molecule has 1 aliphatic rings. The molecule has 1 aliphatic heterocycles. The lowest BCUT2D eigenvalue weighted by molar-refractivity contribution is -0.136. The molecule has 178 valence electrons. The van der Waals surface area contributed by atoms with E-state index in [0.717, 1.165) is 24.7 Å². The predicted octanol–water partition coefficient (Wildman–Crippen LogP) is 2.94. The maximum absolute atomic E-state index is 12.8. The number of allylic oxidation sites excluding steroid dienone is 1. The van der Waals surface area contributed by atoms with Crippen LogP contribution in [0.15, 0.2) is 54.6 Å². The van der Waals surface area contributed by atoms with Gasteiger partial charge in [-0.2, -0.15) is 0 Å². The topological polar surface area (TPSA) is 103 Å². The van der Waals surface area contributed by atoms with Crippen LogP contribution in [0.2, 0.25) is 0 Å². The van der Waals surface area contributed by atoms with Crippen LogP contribution in [-0.2, 0) is 16.1 Å². The van der Waals surface area contributed by atoms with Crippen molar-refractivity contribution in [2.24, 2.45) is 0 Å². The molecule has 8 heteroatoms. The fourth-order valence-corrected chi connectivity index (χ4v) is 4.37. The number of rotatable bonds is 7. The first-order chi connectivity index (χ1) is 16.3. The number of hydroxylamine groups is 1. The van der Waals surface area contributed by atoms with Crippen LogP contribution in [0.25, 0.3) is 12.2 Å². The van der Waals surface area contributed by atoms with Gasteiger partial charge in [-0.25, -0.2) is 10.5 Å². The van der Waals surface area contributed by atoms with Gasteiger partial charge >= 0.3 is 0 Å². The Morgan fingerprint density at radius 1 is 1.03 bits per heavy atom. The molecule has 0 unspecified atom stereocenters. The monoisotopic (exact) mass is 462 g/mol. The highest BCUT2D eigenvalue weighted by Crippen LogP contribution is 2.19. The summed E-state index contributed by atoms with van der Waals surface area (Å²) >= 11 is 0. The first kappa shape index (κ1) is 25.0. The van der Waals surface area contributed by atoms with E-state index in [0.29, 0.717) is 23.5 Å². The van der Waals surface area contributed by atoms with Gasteiger partial charge in [0.1, 0.15) is 0 Å². The molecule has 2 atom stereocenters. The van der Waals surface area contributed by atoms with E-state index in [4.69, 9.17) is 5.21 Å². The highest BCUT2D eigenvalue weighted by molar-refractivity contribution is 6.06. The van der Waals surface area contributed by atoms with Gasteiger partial charge in [0.15, 0.2) is 5.78 Å². The number of nitrogens with zero attached hydrogens (tertiary/aromatic N) is 3. The molecule has 0 bridgehead atoms. The molecular formula is C26H30N4O4. The molecule has 0 saturated carbocycles. The SMILES string of the molecule is CC(=O)N1[C@H](C)CN(Cc2cccc(C(=O)C=Cc3cccc(C=CC(=O)NO)n3)c2)C[C@@H]1C. The molecule has 2 amide bonds. The molecule has 1 saturated heterocycles. The minimum atomic E-state index is -0.651. The Kier molecular flexibility index (Phi) is 8.45. The van der Waals surface area contributed by atoms with Crippen LogP contribution >= 0.6 is 0 Å². The number of benzene rings is 1. The highest BCUT2D eigenvalue weighted by atomic mass is 16.5. The second-order valence-corrected chi connectivity index (χ2v) is 8.51. The molecule has 2 heterocycles. The highest BCUT2D eigenvalue weighted by Gasteiger charge is 2.30. The molecule has 34 heavy (non-hydrogen) atoms. The molecular weight excluding hydrogens is 432 g/mol. The van der Waals surface area contributed by atoms with E-state index >= 15 is 0 Å². The van der Waals surface area contributed by atoms with Gasteiger partial charge in [-0.3, -0.25) is 24.5 Å². The predicted molar refractivity (Wildman–Crippen MR) is 130 cm³/mol. The van der Waals surface area contributed by atoms with E-state index in [-0.39, 0.29) is 23.8 Å². The van der Waals surface area contributed by atoms with Crippen molar-refractivity contribution >= 4 is 29.7 Å². The van der Waals surface area contributed by atoms with Gasteiger partial charge in [0.2, 0.25) is 5.91 Å². The molecule has 8 nitrogen and oxygen atoms in total. The minimum Gasteiger partial charge on any atom is -0.335 e. The minimum absolute atomic E-state index is 0.103. The van der Waals surface area contributed by atoms with Crippen LogP contribution in [0.4, 0.5) is 0 Å². The second kappa shape index (κ2) is 11.5. The quantitative estimate of drug-likeness (QED) is 0.284. The summed E-state index contributed by atoms with van der Waals surface area (Å²) in [6, 6.07) is 13.1. The number of carbonyl (C=O) groups excluding carboxylic acids is 3. The summed E-state index contributed by atoms with van der Waals surface area (Å²) in [7, 11) is 0. The lowest BCUT2D eigenvalue weighted by Gasteiger charge is -2.44. The summed E-state index contributed by atoms with van der Waals surface area (Å²) in [5.74, 6) is -0.680. The zero-order valence-corrected chi connectivity index (χ0v) is 19.6. The van der Waals surface area contributed by atoms with Crippen LogP contribution in [0.5, 0.6) is 0 Å². The van der Waals surface area contributed by atoms with Gasteiger partial charge in [-0.05, 0) is 55.8 Å². The second-order valence-electron chi connectivity index (χ2n) is 8.51. The van der Waals surface area contributed by atoms with Crippen molar-refractivity contribution in [2.45, 2.75) is 39.4 Å². The van der Waals surface area contributed by atoms with Crippen molar-refractivity contribution in [3.63, 3.8) is 0 Å².